The van der Waals surface area contributed by atoms with Crippen LogP contribution in [0.25, 0.3) is 0 Å². The summed E-state index contributed by atoms with van der Waals surface area (Å²) in [6.45, 7) is 8.75. The third-order valence-corrected chi connectivity index (χ3v) is 3.12. The fourth-order valence-corrected chi connectivity index (χ4v) is 1.97. The smallest absolute Gasteiger partial charge is 0.0783 e. The largest absolute Gasteiger partial charge is 0.382 e. The Morgan fingerprint density at radius 3 is 2.00 bits per heavy atom. The van der Waals surface area contributed by atoms with E-state index in [1.165, 1.54) is 56.1 Å². The van der Waals surface area contributed by atoms with Gasteiger partial charge in [0.05, 0.1) is 27.2 Å². The van der Waals surface area contributed by atoms with Gasteiger partial charge in [-0.15, -0.1) is 0 Å². The maximum absolute atomic E-state index is 5.35. The molecule has 0 saturated heterocycles. The first-order chi connectivity index (χ1) is 7.62. The SMILES string of the molecule is CCCCCC[N+](C)(C)CCCCOCC. The van der Waals surface area contributed by atoms with Gasteiger partial charge < -0.3 is 9.22 Å². The van der Waals surface area contributed by atoms with Crippen molar-refractivity contribution in [2.24, 2.45) is 0 Å². The van der Waals surface area contributed by atoms with Gasteiger partial charge in [-0.25, -0.2) is 0 Å². The minimum Gasteiger partial charge on any atom is -0.382 e. The molecule has 0 aliphatic heterocycles. The van der Waals surface area contributed by atoms with Crippen LogP contribution in [0.15, 0.2) is 0 Å². The lowest BCUT2D eigenvalue weighted by atomic mass is 10.2. The Morgan fingerprint density at radius 2 is 1.44 bits per heavy atom. The quantitative estimate of drug-likeness (QED) is 0.390. The molecule has 2 nitrogen and oxygen atoms in total. The molecule has 98 valence electrons. The Kier molecular flexibility index (Phi) is 10.0. The molecule has 0 saturated carbocycles. The molecule has 2 heteroatoms. The van der Waals surface area contributed by atoms with E-state index in [0.29, 0.717) is 0 Å². The van der Waals surface area contributed by atoms with Crippen molar-refractivity contribution in [2.75, 3.05) is 40.4 Å². The lowest BCUT2D eigenvalue weighted by Crippen LogP contribution is -2.41. The molecule has 0 spiro atoms. The van der Waals surface area contributed by atoms with Gasteiger partial charge in [0.1, 0.15) is 0 Å². The van der Waals surface area contributed by atoms with E-state index in [1.54, 1.807) is 0 Å². The normalized spacial score (nSPS) is 12.0. The zero-order valence-electron chi connectivity index (χ0n) is 11.9. The van der Waals surface area contributed by atoms with Crippen molar-refractivity contribution in [2.45, 2.75) is 52.4 Å². The molecular weight excluding hydrogens is 198 g/mol. The van der Waals surface area contributed by atoms with Crippen molar-refractivity contribution >= 4 is 0 Å². The first kappa shape index (κ1) is 15.9. The van der Waals surface area contributed by atoms with Gasteiger partial charge >= 0.3 is 0 Å². The van der Waals surface area contributed by atoms with Crippen LogP contribution in [0.5, 0.6) is 0 Å². The maximum atomic E-state index is 5.35. The van der Waals surface area contributed by atoms with Crippen LogP contribution in [0.3, 0.4) is 0 Å². The number of hydrogen-bond donors (Lipinski definition) is 0. The van der Waals surface area contributed by atoms with E-state index in [-0.39, 0.29) is 0 Å². The Balaban J connectivity index is 3.38. The zero-order chi connectivity index (χ0) is 12.3. The van der Waals surface area contributed by atoms with E-state index < -0.39 is 0 Å². The fraction of sp³-hybridized carbons (Fsp3) is 1.00. The van der Waals surface area contributed by atoms with Gasteiger partial charge in [-0.1, -0.05) is 19.8 Å². The van der Waals surface area contributed by atoms with Crippen molar-refractivity contribution in [1.29, 1.82) is 0 Å². The summed E-state index contributed by atoms with van der Waals surface area (Å²) in [5.74, 6) is 0. The van der Waals surface area contributed by atoms with Crippen molar-refractivity contribution in [1.82, 2.24) is 0 Å². The van der Waals surface area contributed by atoms with E-state index in [4.69, 9.17) is 4.74 Å². The second kappa shape index (κ2) is 10.1. The lowest BCUT2D eigenvalue weighted by Gasteiger charge is -2.29. The van der Waals surface area contributed by atoms with Crippen molar-refractivity contribution in [3.8, 4) is 0 Å². The second-order valence-corrected chi connectivity index (χ2v) is 5.35. The van der Waals surface area contributed by atoms with Gasteiger partial charge in [-0.05, 0) is 32.6 Å². The first-order valence-electron chi connectivity index (χ1n) is 7.02. The Hall–Kier alpha value is -0.0800. The molecular formula is C14H32NO+. The van der Waals surface area contributed by atoms with Gasteiger partial charge in [0.2, 0.25) is 0 Å². The monoisotopic (exact) mass is 230 g/mol. The molecule has 0 aliphatic rings. The highest BCUT2D eigenvalue weighted by atomic mass is 16.5. The number of rotatable bonds is 11. The van der Waals surface area contributed by atoms with Crippen LogP contribution in [-0.2, 0) is 4.74 Å². The van der Waals surface area contributed by atoms with Crippen molar-refractivity contribution in [3.63, 3.8) is 0 Å². The van der Waals surface area contributed by atoms with Gasteiger partial charge in [0, 0.05) is 13.2 Å². The second-order valence-electron chi connectivity index (χ2n) is 5.35. The molecule has 0 bridgehead atoms. The summed E-state index contributed by atoms with van der Waals surface area (Å²) in [4.78, 5) is 0. The Labute approximate surface area is 103 Å². The topological polar surface area (TPSA) is 9.23 Å². The summed E-state index contributed by atoms with van der Waals surface area (Å²) in [7, 11) is 4.71. The highest BCUT2D eigenvalue weighted by Gasteiger charge is 2.13. The minimum absolute atomic E-state index is 0.856. The average Bonchev–Trinajstić information content (AvgIpc) is 2.24. The first-order valence-corrected chi connectivity index (χ1v) is 7.02. The van der Waals surface area contributed by atoms with E-state index in [9.17, 15) is 0 Å². The highest BCUT2D eigenvalue weighted by Crippen LogP contribution is 2.07. The number of unbranched alkanes of at least 4 members (excludes halogenated alkanes) is 4. The summed E-state index contributed by atoms with van der Waals surface area (Å²) in [6.07, 6.45) is 8.01. The molecule has 0 rings (SSSR count). The number of hydrogen-bond acceptors (Lipinski definition) is 1. The molecule has 0 unspecified atom stereocenters. The fourth-order valence-electron chi connectivity index (χ4n) is 1.97. The van der Waals surface area contributed by atoms with Gasteiger partial charge in [0.25, 0.3) is 0 Å². The molecule has 0 heterocycles. The van der Waals surface area contributed by atoms with Crippen LogP contribution < -0.4 is 0 Å². The lowest BCUT2D eigenvalue weighted by molar-refractivity contribution is -0.890. The summed E-state index contributed by atoms with van der Waals surface area (Å²) in [5, 5.41) is 0. The predicted molar refractivity (Wildman–Crippen MR) is 71.7 cm³/mol. The van der Waals surface area contributed by atoms with E-state index in [2.05, 4.69) is 27.9 Å². The Morgan fingerprint density at radius 1 is 0.812 bits per heavy atom. The van der Waals surface area contributed by atoms with Crippen molar-refractivity contribution < 1.29 is 9.22 Å². The summed E-state index contributed by atoms with van der Waals surface area (Å²) >= 11 is 0. The summed E-state index contributed by atoms with van der Waals surface area (Å²) < 4.78 is 6.53. The van der Waals surface area contributed by atoms with E-state index in [0.717, 1.165) is 13.2 Å². The molecule has 0 fully saturated rings. The van der Waals surface area contributed by atoms with E-state index >= 15 is 0 Å². The third kappa shape index (κ3) is 10.4. The summed E-state index contributed by atoms with van der Waals surface area (Å²) in [5.41, 5.74) is 0. The molecule has 0 amide bonds. The van der Waals surface area contributed by atoms with E-state index in [1.807, 2.05) is 0 Å². The predicted octanol–water partition coefficient (Wildman–Crippen LogP) is 3.46. The number of nitrogens with zero attached hydrogens (tertiary/aromatic N) is 1. The molecule has 0 N–H and O–H groups in total. The molecule has 16 heavy (non-hydrogen) atoms. The molecule has 0 aromatic rings. The standard InChI is InChI=1S/C14H32NO/c1-5-7-8-9-12-15(3,4)13-10-11-14-16-6-2/h5-14H2,1-4H3/q+1. The van der Waals surface area contributed by atoms with Gasteiger partial charge in [-0.3, -0.25) is 0 Å². The van der Waals surface area contributed by atoms with Crippen LogP contribution in [0.1, 0.15) is 52.4 Å². The zero-order valence-corrected chi connectivity index (χ0v) is 11.9. The molecule has 0 radical (unpaired) electrons. The van der Waals surface area contributed by atoms with Crippen LogP contribution in [-0.4, -0.2) is 44.9 Å². The maximum Gasteiger partial charge on any atom is 0.0783 e. The van der Waals surface area contributed by atoms with Crippen LogP contribution >= 0.6 is 0 Å². The molecule has 0 aliphatic carbocycles. The van der Waals surface area contributed by atoms with Crippen LogP contribution in [0.2, 0.25) is 0 Å². The molecule has 0 aromatic heterocycles. The number of ether oxygens (including phenoxy) is 1. The van der Waals surface area contributed by atoms with Gasteiger partial charge in [-0.2, -0.15) is 0 Å². The number of quaternary nitrogens is 1. The third-order valence-electron chi connectivity index (χ3n) is 3.12. The van der Waals surface area contributed by atoms with Gasteiger partial charge in [0.15, 0.2) is 0 Å². The van der Waals surface area contributed by atoms with Crippen molar-refractivity contribution in [3.05, 3.63) is 0 Å². The molecule has 0 atom stereocenters. The Bertz CT molecular complexity index is 146. The van der Waals surface area contributed by atoms with Crippen LogP contribution in [0.4, 0.5) is 0 Å². The summed E-state index contributed by atoms with van der Waals surface area (Å²) in [6, 6.07) is 0. The minimum atomic E-state index is 0.856. The van der Waals surface area contributed by atoms with Crippen LogP contribution in [0, 0.1) is 0 Å². The average molecular weight is 230 g/mol. The highest BCUT2D eigenvalue weighted by molar-refractivity contribution is 4.43. The molecule has 0 aromatic carbocycles.